The van der Waals surface area contributed by atoms with Crippen LogP contribution in [-0.4, -0.2) is 4.98 Å². The molecule has 0 amide bonds. The molecule has 1 nitrogen and oxygen atoms in total. The summed E-state index contributed by atoms with van der Waals surface area (Å²) < 4.78 is 0. The fourth-order valence-electron chi connectivity index (χ4n) is 9.06. The Balaban J connectivity index is 0.983. The van der Waals surface area contributed by atoms with Gasteiger partial charge >= 0.3 is 0 Å². The van der Waals surface area contributed by atoms with Crippen LogP contribution in [0.4, 0.5) is 0 Å². The molecule has 7 aromatic carbocycles. The summed E-state index contributed by atoms with van der Waals surface area (Å²) in [5.74, 6) is 0.460. The summed E-state index contributed by atoms with van der Waals surface area (Å²) in [5.41, 5.74) is 22.5. The van der Waals surface area contributed by atoms with Crippen LogP contribution in [0.25, 0.3) is 44.5 Å². The molecule has 0 N–H and O–H groups in total. The maximum Gasteiger partial charge on any atom is 0.0560 e. The van der Waals surface area contributed by atoms with Crippen molar-refractivity contribution in [2.75, 3.05) is 0 Å². The molecule has 10 rings (SSSR count). The topological polar surface area (TPSA) is 12.9 Å². The largest absolute Gasteiger partial charge is 0.260 e. The molecule has 1 heterocycles. The highest BCUT2D eigenvalue weighted by molar-refractivity contribution is 5.82. The molecule has 252 valence electrons. The first-order chi connectivity index (χ1) is 26.2. The second-order valence-corrected chi connectivity index (χ2v) is 14.7. The van der Waals surface area contributed by atoms with Crippen molar-refractivity contribution in [1.29, 1.82) is 0 Å². The van der Waals surface area contributed by atoms with E-state index in [0.717, 1.165) is 12.8 Å². The van der Waals surface area contributed by atoms with Gasteiger partial charge in [0.05, 0.1) is 5.69 Å². The highest BCUT2D eigenvalue weighted by Gasteiger charge is 2.32. The van der Waals surface area contributed by atoms with E-state index in [1.807, 2.05) is 6.20 Å². The number of pyridine rings is 1. The van der Waals surface area contributed by atoms with Crippen LogP contribution in [0.2, 0.25) is 0 Å². The van der Waals surface area contributed by atoms with Crippen molar-refractivity contribution in [1.82, 2.24) is 4.98 Å². The van der Waals surface area contributed by atoms with Gasteiger partial charge in [-0.3, -0.25) is 4.98 Å². The maximum atomic E-state index is 4.89. The van der Waals surface area contributed by atoms with Gasteiger partial charge in [-0.2, -0.15) is 0 Å². The van der Waals surface area contributed by atoms with Crippen molar-refractivity contribution in [3.63, 3.8) is 0 Å². The van der Waals surface area contributed by atoms with Crippen LogP contribution in [-0.2, 0) is 12.8 Å². The number of fused-ring (bicyclic) bond motifs is 6. The zero-order valence-electron chi connectivity index (χ0n) is 29.8. The molecule has 0 saturated carbocycles. The Morgan fingerprint density at radius 2 is 1.17 bits per heavy atom. The van der Waals surface area contributed by atoms with Gasteiger partial charge in [-0.05, 0) is 115 Å². The third-order valence-electron chi connectivity index (χ3n) is 11.6. The molecule has 0 aliphatic heterocycles. The van der Waals surface area contributed by atoms with Gasteiger partial charge in [0, 0.05) is 23.6 Å². The molecule has 2 aliphatic carbocycles. The molecule has 0 radical (unpaired) electrons. The monoisotopic (exact) mass is 677 g/mol. The van der Waals surface area contributed by atoms with Crippen molar-refractivity contribution in [3.8, 4) is 44.5 Å². The Morgan fingerprint density at radius 1 is 0.453 bits per heavy atom. The maximum absolute atomic E-state index is 4.89. The average Bonchev–Trinajstić information content (AvgIpc) is 3.71. The fourth-order valence-corrected chi connectivity index (χ4v) is 9.06. The SMILES string of the molecule is Cc1ccc(-c2ccccc2)cc1-c1ccccc1Cc1cccc(C2c3ccccc3-c3cc(CC4c5ccccc5-c5cccnc54)ccc32)c1. The summed E-state index contributed by atoms with van der Waals surface area (Å²) >= 11 is 0. The molecule has 2 unspecified atom stereocenters. The van der Waals surface area contributed by atoms with Gasteiger partial charge in [0.1, 0.15) is 0 Å². The smallest absolute Gasteiger partial charge is 0.0560 e. The van der Waals surface area contributed by atoms with Gasteiger partial charge in [-0.15, -0.1) is 0 Å². The minimum Gasteiger partial charge on any atom is -0.260 e. The molecule has 1 aromatic heterocycles. The second kappa shape index (κ2) is 13.0. The molecule has 2 atom stereocenters. The van der Waals surface area contributed by atoms with E-state index in [1.54, 1.807) is 0 Å². The Bertz CT molecular complexity index is 2600. The highest BCUT2D eigenvalue weighted by Crippen LogP contribution is 2.50. The minimum absolute atomic E-state index is 0.199. The molecule has 8 aromatic rings. The number of hydrogen-bond donors (Lipinski definition) is 0. The number of rotatable bonds is 7. The highest BCUT2D eigenvalue weighted by atomic mass is 14.7. The summed E-state index contributed by atoms with van der Waals surface area (Å²) in [6.45, 7) is 2.23. The van der Waals surface area contributed by atoms with E-state index in [0.29, 0.717) is 0 Å². The first kappa shape index (κ1) is 31.4. The van der Waals surface area contributed by atoms with Crippen molar-refractivity contribution in [3.05, 3.63) is 232 Å². The number of hydrogen-bond acceptors (Lipinski definition) is 1. The van der Waals surface area contributed by atoms with Gasteiger partial charge in [-0.1, -0.05) is 164 Å². The van der Waals surface area contributed by atoms with Crippen LogP contribution in [0.3, 0.4) is 0 Å². The lowest BCUT2D eigenvalue weighted by atomic mass is 9.86. The molecule has 2 aliphatic rings. The quantitative estimate of drug-likeness (QED) is 0.164. The lowest BCUT2D eigenvalue weighted by Crippen LogP contribution is -2.04. The first-order valence-corrected chi connectivity index (χ1v) is 18.8. The molecule has 0 fully saturated rings. The summed E-state index contributed by atoms with van der Waals surface area (Å²) in [5, 5.41) is 0. The zero-order valence-corrected chi connectivity index (χ0v) is 29.8. The third-order valence-corrected chi connectivity index (χ3v) is 11.6. The fraction of sp³-hybridized carbons (Fsp3) is 0.0962. The number of nitrogens with zero attached hydrogens (tertiary/aromatic N) is 1. The molecular weight excluding hydrogens is 639 g/mol. The Labute approximate surface area is 312 Å². The van der Waals surface area contributed by atoms with E-state index < -0.39 is 0 Å². The number of aryl methyl sites for hydroxylation is 1. The second-order valence-electron chi connectivity index (χ2n) is 14.7. The first-order valence-electron chi connectivity index (χ1n) is 18.8. The van der Waals surface area contributed by atoms with Crippen LogP contribution in [0.5, 0.6) is 0 Å². The van der Waals surface area contributed by atoms with Gasteiger partial charge < -0.3 is 0 Å². The molecular formula is C52H39N. The van der Waals surface area contributed by atoms with Crippen molar-refractivity contribution in [2.24, 2.45) is 0 Å². The standard InChI is InChI=1S/C52H39N/c1-34-24-26-38(37-14-3-2-4-15-37)33-48(34)41-18-6-5-16-39(41)29-35-13-11-17-40(30-35)51-45-22-10-9-21-44(45)49-31-36(25-27-46(49)51)32-50-43-20-8-7-19-42(43)47-23-12-28-53-52(47)50/h2-28,30-31,33,50-51H,29,32H2,1H3. The van der Waals surface area contributed by atoms with E-state index >= 15 is 0 Å². The van der Waals surface area contributed by atoms with Crippen LogP contribution in [0.15, 0.2) is 182 Å². The lowest BCUT2D eigenvalue weighted by Gasteiger charge is -2.18. The van der Waals surface area contributed by atoms with Crippen molar-refractivity contribution in [2.45, 2.75) is 31.6 Å². The van der Waals surface area contributed by atoms with E-state index in [1.165, 1.54) is 94.7 Å². The van der Waals surface area contributed by atoms with Crippen molar-refractivity contribution >= 4 is 0 Å². The Hall–Kier alpha value is -6.31. The third kappa shape index (κ3) is 5.52. The molecule has 0 saturated heterocycles. The average molecular weight is 678 g/mol. The van der Waals surface area contributed by atoms with E-state index in [4.69, 9.17) is 4.98 Å². The number of benzene rings is 7. The van der Waals surface area contributed by atoms with Gasteiger partial charge in [0.25, 0.3) is 0 Å². The predicted octanol–water partition coefficient (Wildman–Crippen LogP) is 12.8. The van der Waals surface area contributed by atoms with E-state index in [2.05, 4.69) is 183 Å². The van der Waals surface area contributed by atoms with Gasteiger partial charge in [-0.25, -0.2) is 0 Å². The van der Waals surface area contributed by atoms with Crippen LogP contribution < -0.4 is 0 Å². The Morgan fingerprint density at radius 3 is 2.04 bits per heavy atom. The summed E-state index contributed by atoms with van der Waals surface area (Å²) in [6.07, 6.45) is 3.75. The van der Waals surface area contributed by atoms with Crippen LogP contribution in [0.1, 0.15) is 62.0 Å². The van der Waals surface area contributed by atoms with E-state index in [-0.39, 0.29) is 11.8 Å². The van der Waals surface area contributed by atoms with Crippen LogP contribution >= 0.6 is 0 Å². The molecule has 1 heteroatoms. The zero-order chi connectivity index (χ0) is 35.3. The molecule has 0 bridgehead atoms. The van der Waals surface area contributed by atoms with Gasteiger partial charge in [0.2, 0.25) is 0 Å². The van der Waals surface area contributed by atoms with Gasteiger partial charge in [0.15, 0.2) is 0 Å². The minimum atomic E-state index is 0.199. The van der Waals surface area contributed by atoms with E-state index in [9.17, 15) is 0 Å². The predicted molar refractivity (Wildman–Crippen MR) is 219 cm³/mol. The number of aromatic nitrogens is 1. The summed E-state index contributed by atoms with van der Waals surface area (Å²) in [7, 11) is 0. The van der Waals surface area contributed by atoms with Crippen molar-refractivity contribution < 1.29 is 0 Å². The Kier molecular flexibility index (Phi) is 7.73. The summed E-state index contributed by atoms with van der Waals surface area (Å²) in [6, 6.07) is 65.2. The van der Waals surface area contributed by atoms with Crippen LogP contribution in [0, 0.1) is 6.92 Å². The summed E-state index contributed by atoms with van der Waals surface area (Å²) in [4.78, 5) is 4.89. The normalized spacial score (nSPS) is 15.0. The lowest BCUT2D eigenvalue weighted by molar-refractivity contribution is 0.796. The molecule has 53 heavy (non-hydrogen) atoms. The molecule has 0 spiro atoms.